The van der Waals surface area contributed by atoms with E-state index in [2.05, 4.69) is 20.2 Å². The summed E-state index contributed by atoms with van der Waals surface area (Å²) in [7, 11) is 0. The third-order valence-corrected chi connectivity index (χ3v) is 3.70. The van der Waals surface area contributed by atoms with Crippen molar-refractivity contribution in [2.24, 2.45) is 0 Å². The van der Waals surface area contributed by atoms with E-state index in [-0.39, 0.29) is 0 Å². The zero-order valence-corrected chi connectivity index (χ0v) is 10.1. The molecule has 2 aliphatic rings. The van der Waals surface area contributed by atoms with Gasteiger partial charge in [0.2, 0.25) is 0 Å². The Kier molecular flexibility index (Phi) is 3.40. The van der Waals surface area contributed by atoms with Crippen molar-refractivity contribution in [1.29, 1.82) is 0 Å². The van der Waals surface area contributed by atoms with Gasteiger partial charge in [0.15, 0.2) is 0 Å². The predicted molar refractivity (Wildman–Crippen MR) is 64.6 cm³/mol. The highest BCUT2D eigenvalue weighted by Gasteiger charge is 2.31. The summed E-state index contributed by atoms with van der Waals surface area (Å²) in [4.78, 5) is 9.66. The summed E-state index contributed by atoms with van der Waals surface area (Å²) in [6.45, 7) is 5.01. The molecule has 0 saturated carbocycles. The van der Waals surface area contributed by atoms with E-state index >= 15 is 0 Å². The minimum Gasteiger partial charge on any atom is -0.374 e. The van der Waals surface area contributed by atoms with Gasteiger partial charge in [-0.25, -0.2) is 4.98 Å². The minimum absolute atomic E-state index is 0.340. The van der Waals surface area contributed by atoms with E-state index in [1.165, 1.54) is 19.4 Å². The van der Waals surface area contributed by atoms with E-state index in [9.17, 15) is 0 Å². The number of ether oxygens (including phenoxy) is 1. The number of imidazole rings is 1. The van der Waals surface area contributed by atoms with Gasteiger partial charge in [0.1, 0.15) is 0 Å². The van der Waals surface area contributed by atoms with Crippen LogP contribution in [-0.4, -0.2) is 53.3 Å². The molecule has 1 aromatic rings. The number of hydrogen-bond donors (Lipinski definition) is 2. The van der Waals surface area contributed by atoms with E-state index in [1.54, 1.807) is 6.33 Å². The predicted octanol–water partition coefficient (Wildman–Crippen LogP) is 0.362. The monoisotopic (exact) mass is 236 g/mol. The molecule has 0 aromatic carbocycles. The fraction of sp³-hybridized carbons (Fsp3) is 0.750. The average Bonchev–Trinajstić information content (AvgIpc) is 2.98. The molecule has 1 aromatic heterocycles. The third-order valence-electron chi connectivity index (χ3n) is 3.70. The van der Waals surface area contributed by atoms with Crippen molar-refractivity contribution < 1.29 is 4.74 Å². The van der Waals surface area contributed by atoms with Gasteiger partial charge < -0.3 is 15.0 Å². The van der Waals surface area contributed by atoms with Crippen LogP contribution >= 0.6 is 0 Å². The van der Waals surface area contributed by atoms with E-state index in [0.717, 1.165) is 31.9 Å². The fourth-order valence-corrected chi connectivity index (χ4v) is 2.76. The van der Waals surface area contributed by atoms with Crippen LogP contribution in [-0.2, 0) is 11.3 Å². The minimum atomic E-state index is 0.340. The topological polar surface area (TPSA) is 53.2 Å². The second kappa shape index (κ2) is 5.16. The van der Waals surface area contributed by atoms with Crippen LogP contribution in [0.2, 0.25) is 0 Å². The Morgan fingerprint density at radius 2 is 2.59 bits per heavy atom. The van der Waals surface area contributed by atoms with Crippen molar-refractivity contribution in [3.8, 4) is 0 Å². The van der Waals surface area contributed by atoms with Crippen LogP contribution < -0.4 is 5.32 Å². The standard InChI is InChI=1S/C12H20N4O/c1-2-11-8-17-12(7-16(11)3-1)6-13-4-10-5-14-9-15-10/h5,9,11-13H,1-4,6-8H2,(H,14,15). The molecule has 0 aliphatic carbocycles. The van der Waals surface area contributed by atoms with E-state index in [4.69, 9.17) is 4.74 Å². The zero-order chi connectivity index (χ0) is 11.5. The van der Waals surface area contributed by atoms with Gasteiger partial charge in [0.05, 0.1) is 19.0 Å². The van der Waals surface area contributed by atoms with Crippen molar-refractivity contribution in [3.05, 3.63) is 18.2 Å². The molecule has 0 spiro atoms. The molecule has 2 unspecified atom stereocenters. The molecule has 5 nitrogen and oxygen atoms in total. The first kappa shape index (κ1) is 11.2. The van der Waals surface area contributed by atoms with Crippen molar-refractivity contribution in [2.45, 2.75) is 31.5 Å². The van der Waals surface area contributed by atoms with Crippen molar-refractivity contribution >= 4 is 0 Å². The van der Waals surface area contributed by atoms with Crippen LogP contribution in [0.1, 0.15) is 18.5 Å². The smallest absolute Gasteiger partial charge is 0.0922 e. The van der Waals surface area contributed by atoms with Crippen LogP contribution in [0.3, 0.4) is 0 Å². The molecular weight excluding hydrogens is 216 g/mol. The molecule has 2 atom stereocenters. The van der Waals surface area contributed by atoms with Gasteiger partial charge in [0, 0.05) is 37.6 Å². The van der Waals surface area contributed by atoms with Crippen molar-refractivity contribution in [1.82, 2.24) is 20.2 Å². The van der Waals surface area contributed by atoms with Crippen molar-refractivity contribution in [2.75, 3.05) is 26.2 Å². The number of rotatable bonds is 4. The molecule has 94 valence electrons. The number of nitrogens with zero attached hydrogens (tertiary/aromatic N) is 2. The molecule has 0 radical (unpaired) electrons. The Bertz CT molecular complexity index is 340. The Hall–Kier alpha value is -0.910. The number of morpholine rings is 1. The normalized spacial score (nSPS) is 29.4. The molecule has 0 bridgehead atoms. The van der Waals surface area contributed by atoms with Gasteiger partial charge in [-0.2, -0.15) is 0 Å². The maximum Gasteiger partial charge on any atom is 0.0922 e. The van der Waals surface area contributed by atoms with Crippen LogP contribution in [0.4, 0.5) is 0 Å². The SMILES string of the molecule is c1ncc(CNCC2CN3CCCC3CO2)[nH]1. The molecule has 2 aliphatic heterocycles. The number of hydrogen-bond acceptors (Lipinski definition) is 4. The molecule has 17 heavy (non-hydrogen) atoms. The number of H-pyrrole nitrogens is 1. The second-order valence-electron chi connectivity index (χ2n) is 4.95. The molecule has 5 heteroatoms. The van der Waals surface area contributed by atoms with Crippen LogP contribution in [0.5, 0.6) is 0 Å². The lowest BCUT2D eigenvalue weighted by atomic mass is 10.2. The lowest BCUT2D eigenvalue weighted by Crippen LogP contribution is -2.49. The van der Waals surface area contributed by atoms with Gasteiger partial charge >= 0.3 is 0 Å². The maximum absolute atomic E-state index is 5.88. The van der Waals surface area contributed by atoms with Gasteiger partial charge in [-0.15, -0.1) is 0 Å². The van der Waals surface area contributed by atoms with E-state index in [0.29, 0.717) is 12.1 Å². The molecule has 2 saturated heterocycles. The Morgan fingerprint density at radius 3 is 3.47 bits per heavy atom. The lowest BCUT2D eigenvalue weighted by molar-refractivity contribution is -0.0470. The Balaban J connectivity index is 1.40. The number of nitrogens with one attached hydrogen (secondary N) is 2. The number of fused-ring (bicyclic) bond motifs is 1. The van der Waals surface area contributed by atoms with Gasteiger partial charge in [0.25, 0.3) is 0 Å². The lowest BCUT2D eigenvalue weighted by Gasteiger charge is -2.35. The highest BCUT2D eigenvalue weighted by molar-refractivity contribution is 4.93. The molecule has 2 fully saturated rings. The molecule has 3 heterocycles. The average molecular weight is 236 g/mol. The highest BCUT2D eigenvalue weighted by Crippen LogP contribution is 2.22. The summed E-state index contributed by atoms with van der Waals surface area (Å²) in [6.07, 6.45) is 6.55. The van der Waals surface area contributed by atoms with E-state index < -0.39 is 0 Å². The summed E-state index contributed by atoms with van der Waals surface area (Å²) < 4.78 is 5.88. The fourth-order valence-electron chi connectivity index (χ4n) is 2.76. The maximum atomic E-state index is 5.88. The number of aromatic nitrogens is 2. The molecule has 2 N–H and O–H groups in total. The molecular formula is C12H20N4O. The first-order valence-corrected chi connectivity index (χ1v) is 6.45. The quantitative estimate of drug-likeness (QED) is 0.792. The Morgan fingerprint density at radius 1 is 1.59 bits per heavy atom. The van der Waals surface area contributed by atoms with Gasteiger partial charge in [-0.3, -0.25) is 4.90 Å². The summed E-state index contributed by atoms with van der Waals surface area (Å²) in [5.74, 6) is 0. The highest BCUT2D eigenvalue weighted by atomic mass is 16.5. The Labute approximate surface area is 102 Å². The van der Waals surface area contributed by atoms with Crippen LogP contribution in [0.15, 0.2) is 12.5 Å². The first-order chi connectivity index (χ1) is 8.42. The molecule has 3 rings (SSSR count). The number of aromatic amines is 1. The summed E-state index contributed by atoms with van der Waals surface area (Å²) in [5, 5.41) is 3.41. The van der Waals surface area contributed by atoms with Crippen LogP contribution in [0, 0.1) is 0 Å². The van der Waals surface area contributed by atoms with Gasteiger partial charge in [-0.05, 0) is 19.4 Å². The first-order valence-electron chi connectivity index (χ1n) is 6.45. The summed E-state index contributed by atoms with van der Waals surface area (Å²) in [6, 6.07) is 0.693. The molecule has 0 amide bonds. The zero-order valence-electron chi connectivity index (χ0n) is 10.1. The third kappa shape index (κ3) is 2.68. The second-order valence-corrected chi connectivity index (χ2v) is 4.95. The summed E-state index contributed by atoms with van der Waals surface area (Å²) >= 11 is 0. The van der Waals surface area contributed by atoms with E-state index in [1.807, 2.05) is 6.20 Å². The summed E-state index contributed by atoms with van der Waals surface area (Å²) in [5.41, 5.74) is 1.12. The van der Waals surface area contributed by atoms with Crippen LogP contribution in [0.25, 0.3) is 0 Å². The van der Waals surface area contributed by atoms with Gasteiger partial charge in [-0.1, -0.05) is 0 Å². The largest absolute Gasteiger partial charge is 0.374 e. The van der Waals surface area contributed by atoms with Crippen molar-refractivity contribution in [3.63, 3.8) is 0 Å².